The minimum Gasteiger partial charge on any atom is -0.135 e. The average Bonchev–Trinajstić information content (AvgIpc) is 2.92. The summed E-state index contributed by atoms with van der Waals surface area (Å²) in [5.41, 5.74) is 4.01. The summed E-state index contributed by atoms with van der Waals surface area (Å²) < 4.78 is 2.73. The molecule has 0 bridgehead atoms. The molecule has 0 saturated carbocycles. The number of fused-ring (bicyclic) bond motifs is 3. The second-order valence-electron chi connectivity index (χ2n) is 5.36. The normalized spacial score (nSPS) is 11.3. The zero-order valence-corrected chi connectivity index (χ0v) is 12.8. The van der Waals surface area contributed by atoms with Crippen LogP contribution in [0.2, 0.25) is 0 Å². The van der Waals surface area contributed by atoms with Crippen LogP contribution in [0.15, 0.2) is 66.7 Å². The zero-order valence-electron chi connectivity index (χ0n) is 12.0. The van der Waals surface area contributed by atoms with Crippen LogP contribution >= 0.6 is 11.3 Å². The molecule has 0 radical (unpaired) electrons. The fraction of sp³-hybridized carbons (Fsp3) is 0.100. The Hall–Kier alpha value is -2.12. The first kappa shape index (κ1) is 12.6. The highest BCUT2D eigenvalue weighted by molar-refractivity contribution is 7.25. The molecule has 1 aromatic heterocycles. The molecule has 1 heteroatoms. The third-order valence-corrected chi connectivity index (χ3v) is 5.20. The monoisotopic (exact) mass is 288 g/mol. The smallest absolute Gasteiger partial charge is 0.0355 e. The zero-order chi connectivity index (χ0) is 14.2. The largest absolute Gasteiger partial charge is 0.135 e. The van der Waals surface area contributed by atoms with Crippen LogP contribution in [0.3, 0.4) is 0 Å². The molecule has 0 nitrogen and oxygen atoms in total. The molecule has 0 saturated heterocycles. The summed E-state index contributed by atoms with van der Waals surface area (Å²) in [5, 5.41) is 2.74. The first-order chi connectivity index (χ1) is 10.3. The topological polar surface area (TPSA) is 0 Å². The van der Waals surface area contributed by atoms with Crippen LogP contribution in [0.4, 0.5) is 0 Å². The Morgan fingerprint density at radius 3 is 2.43 bits per heavy atom. The molecule has 0 aliphatic heterocycles. The van der Waals surface area contributed by atoms with Crippen molar-refractivity contribution < 1.29 is 0 Å². The number of hydrogen-bond acceptors (Lipinski definition) is 1. The van der Waals surface area contributed by atoms with E-state index < -0.39 is 0 Å². The Kier molecular flexibility index (Phi) is 3.01. The van der Waals surface area contributed by atoms with Gasteiger partial charge in [0.15, 0.2) is 0 Å². The average molecular weight is 288 g/mol. The van der Waals surface area contributed by atoms with Crippen LogP contribution in [0, 0.1) is 0 Å². The summed E-state index contributed by atoms with van der Waals surface area (Å²) in [6, 6.07) is 24.4. The second-order valence-corrected chi connectivity index (χ2v) is 6.45. The van der Waals surface area contributed by atoms with Crippen molar-refractivity contribution in [3.63, 3.8) is 0 Å². The molecule has 4 rings (SSSR count). The Morgan fingerprint density at radius 2 is 1.52 bits per heavy atom. The number of benzene rings is 3. The fourth-order valence-electron chi connectivity index (χ4n) is 2.88. The van der Waals surface area contributed by atoms with Crippen LogP contribution in [0.1, 0.15) is 12.5 Å². The molecule has 21 heavy (non-hydrogen) atoms. The van der Waals surface area contributed by atoms with Gasteiger partial charge in [0.25, 0.3) is 0 Å². The molecule has 0 fully saturated rings. The maximum Gasteiger partial charge on any atom is 0.0355 e. The molecule has 1 heterocycles. The molecule has 0 aliphatic rings. The summed E-state index contributed by atoms with van der Waals surface area (Å²) in [6.07, 6.45) is 1.08. The van der Waals surface area contributed by atoms with Gasteiger partial charge in [-0.1, -0.05) is 55.5 Å². The fourth-order valence-corrected chi connectivity index (χ4v) is 3.96. The predicted molar refractivity (Wildman–Crippen MR) is 94.1 cm³/mol. The minimum absolute atomic E-state index is 1.08. The standard InChI is InChI=1S/C20H16S/c1-2-14-6-5-7-15(12-14)16-10-11-20-18(13-16)17-8-3-4-9-19(17)21-20/h3-13H,2H2,1H3. The van der Waals surface area contributed by atoms with Gasteiger partial charge in [-0.15, -0.1) is 11.3 Å². The number of thiophene rings is 1. The Morgan fingerprint density at radius 1 is 0.714 bits per heavy atom. The molecule has 0 amide bonds. The Labute approximate surface area is 128 Å². The first-order valence-corrected chi connectivity index (χ1v) is 8.17. The van der Waals surface area contributed by atoms with Gasteiger partial charge in [0, 0.05) is 20.2 Å². The van der Waals surface area contributed by atoms with E-state index in [1.54, 1.807) is 0 Å². The Bertz CT molecular complexity index is 931. The van der Waals surface area contributed by atoms with Crippen LogP contribution in [-0.2, 0) is 6.42 Å². The van der Waals surface area contributed by atoms with Gasteiger partial charge in [0.05, 0.1) is 0 Å². The van der Waals surface area contributed by atoms with Gasteiger partial charge in [-0.2, -0.15) is 0 Å². The van der Waals surface area contributed by atoms with Crippen LogP contribution in [0.25, 0.3) is 31.3 Å². The van der Waals surface area contributed by atoms with E-state index in [-0.39, 0.29) is 0 Å². The molecule has 102 valence electrons. The van der Waals surface area contributed by atoms with E-state index in [9.17, 15) is 0 Å². The number of rotatable bonds is 2. The lowest BCUT2D eigenvalue weighted by atomic mass is 10.0. The highest BCUT2D eigenvalue weighted by atomic mass is 32.1. The van der Waals surface area contributed by atoms with Crippen LogP contribution in [0.5, 0.6) is 0 Å². The van der Waals surface area contributed by atoms with Crippen molar-refractivity contribution in [3.05, 3.63) is 72.3 Å². The molecule has 4 aromatic rings. The molecule has 0 N–H and O–H groups in total. The maximum absolute atomic E-state index is 2.34. The molecule has 0 unspecified atom stereocenters. The van der Waals surface area contributed by atoms with Gasteiger partial charge in [0.2, 0.25) is 0 Å². The lowest BCUT2D eigenvalue weighted by molar-refractivity contribution is 1.14. The van der Waals surface area contributed by atoms with Crippen molar-refractivity contribution in [2.24, 2.45) is 0 Å². The highest BCUT2D eigenvalue weighted by Crippen LogP contribution is 2.36. The van der Waals surface area contributed by atoms with E-state index >= 15 is 0 Å². The summed E-state index contributed by atoms with van der Waals surface area (Å²) in [5.74, 6) is 0. The van der Waals surface area contributed by atoms with E-state index in [0.717, 1.165) is 6.42 Å². The molecule has 0 spiro atoms. The van der Waals surface area contributed by atoms with Gasteiger partial charge >= 0.3 is 0 Å². The van der Waals surface area contributed by atoms with E-state index in [2.05, 4.69) is 73.7 Å². The van der Waals surface area contributed by atoms with E-state index in [1.807, 2.05) is 11.3 Å². The maximum atomic E-state index is 2.34. The minimum atomic E-state index is 1.08. The van der Waals surface area contributed by atoms with E-state index in [4.69, 9.17) is 0 Å². The van der Waals surface area contributed by atoms with Gasteiger partial charge in [-0.25, -0.2) is 0 Å². The van der Waals surface area contributed by atoms with Gasteiger partial charge < -0.3 is 0 Å². The van der Waals surface area contributed by atoms with Gasteiger partial charge in [-0.3, -0.25) is 0 Å². The van der Waals surface area contributed by atoms with E-state index in [0.29, 0.717) is 0 Å². The second kappa shape index (κ2) is 5.01. The van der Waals surface area contributed by atoms with Gasteiger partial charge in [0.1, 0.15) is 0 Å². The highest BCUT2D eigenvalue weighted by Gasteiger charge is 2.06. The van der Waals surface area contributed by atoms with Crippen LogP contribution in [-0.4, -0.2) is 0 Å². The summed E-state index contributed by atoms with van der Waals surface area (Å²) in [4.78, 5) is 0. The third-order valence-electron chi connectivity index (χ3n) is 4.05. The van der Waals surface area contributed by atoms with Crippen LogP contribution < -0.4 is 0 Å². The van der Waals surface area contributed by atoms with Crippen molar-refractivity contribution >= 4 is 31.5 Å². The quantitative estimate of drug-likeness (QED) is 0.407. The molecule has 0 atom stereocenters. The van der Waals surface area contributed by atoms with Crippen molar-refractivity contribution in [2.75, 3.05) is 0 Å². The van der Waals surface area contributed by atoms with Crippen molar-refractivity contribution in [2.45, 2.75) is 13.3 Å². The SMILES string of the molecule is CCc1cccc(-c2ccc3sc4ccccc4c3c2)c1. The number of hydrogen-bond donors (Lipinski definition) is 0. The van der Waals surface area contributed by atoms with Crippen molar-refractivity contribution in [1.29, 1.82) is 0 Å². The van der Waals surface area contributed by atoms with Crippen molar-refractivity contribution in [3.8, 4) is 11.1 Å². The predicted octanol–water partition coefficient (Wildman–Crippen LogP) is 6.28. The van der Waals surface area contributed by atoms with Crippen molar-refractivity contribution in [1.82, 2.24) is 0 Å². The summed E-state index contributed by atoms with van der Waals surface area (Å²) in [6.45, 7) is 2.20. The first-order valence-electron chi connectivity index (χ1n) is 7.36. The molecule has 3 aromatic carbocycles. The molecular formula is C20H16S. The summed E-state index contributed by atoms with van der Waals surface area (Å²) >= 11 is 1.87. The number of aryl methyl sites for hydroxylation is 1. The molecule has 0 aliphatic carbocycles. The van der Waals surface area contributed by atoms with Gasteiger partial charge in [-0.05, 0) is 41.3 Å². The third kappa shape index (κ3) is 2.14. The lowest BCUT2D eigenvalue weighted by Crippen LogP contribution is -1.82. The lowest BCUT2D eigenvalue weighted by Gasteiger charge is -2.04. The van der Waals surface area contributed by atoms with E-state index in [1.165, 1.54) is 36.9 Å². The molecular weight excluding hydrogens is 272 g/mol. The Balaban J connectivity index is 1.95. The summed E-state index contributed by atoms with van der Waals surface area (Å²) in [7, 11) is 0.